The molecule has 0 spiro atoms. The smallest absolute Gasteiger partial charge is 0.319 e. The van der Waals surface area contributed by atoms with Crippen molar-refractivity contribution in [1.29, 1.82) is 0 Å². The lowest BCUT2D eigenvalue weighted by molar-refractivity contribution is -0.139. The summed E-state index contributed by atoms with van der Waals surface area (Å²) in [5.41, 5.74) is 2.28. The molecule has 1 unspecified atom stereocenters. The van der Waals surface area contributed by atoms with Crippen molar-refractivity contribution in [3.05, 3.63) is 29.8 Å². The van der Waals surface area contributed by atoms with E-state index in [4.69, 9.17) is 4.74 Å². The second-order valence-corrected chi connectivity index (χ2v) is 9.13. The van der Waals surface area contributed by atoms with Gasteiger partial charge >= 0.3 is 6.03 Å². The highest BCUT2D eigenvalue weighted by Gasteiger charge is 2.32. The average Bonchev–Trinajstić information content (AvgIpc) is 3.32. The number of carbonyl (C=O) groups excluding carboxylic acids is 2. The Morgan fingerprint density at radius 3 is 2.19 bits per heavy atom. The van der Waals surface area contributed by atoms with Gasteiger partial charge in [0.05, 0.1) is 6.10 Å². The molecule has 1 atom stereocenters. The van der Waals surface area contributed by atoms with Crippen LogP contribution in [-0.2, 0) is 16.1 Å². The summed E-state index contributed by atoms with van der Waals surface area (Å²) in [5.74, 6) is 0.172. The van der Waals surface area contributed by atoms with Gasteiger partial charge in [-0.15, -0.1) is 0 Å². The molecule has 0 saturated carbocycles. The molecule has 32 heavy (non-hydrogen) atoms. The Morgan fingerprint density at radius 1 is 1.00 bits per heavy atom. The Balaban J connectivity index is 1.64. The third kappa shape index (κ3) is 6.15. The average molecular weight is 445 g/mol. The molecule has 178 valence electrons. The third-order valence-electron chi connectivity index (χ3n) is 6.73. The highest BCUT2D eigenvalue weighted by molar-refractivity contribution is 5.80. The fourth-order valence-corrected chi connectivity index (χ4v) is 4.66. The number of nitrogens with zero attached hydrogens (tertiary/aromatic N) is 4. The van der Waals surface area contributed by atoms with E-state index in [1.165, 1.54) is 0 Å². The number of benzene rings is 1. The lowest BCUT2D eigenvalue weighted by atomic mass is 9.95. The maximum atomic E-state index is 13.5. The summed E-state index contributed by atoms with van der Waals surface area (Å²) >= 11 is 0. The van der Waals surface area contributed by atoms with Crippen molar-refractivity contribution in [3.8, 4) is 0 Å². The zero-order valence-corrected chi connectivity index (χ0v) is 20.3. The van der Waals surface area contributed by atoms with Crippen LogP contribution < -0.4 is 4.90 Å². The largest absolute Gasteiger partial charge is 0.378 e. The minimum Gasteiger partial charge on any atom is -0.378 e. The fourth-order valence-electron chi connectivity index (χ4n) is 4.66. The van der Waals surface area contributed by atoms with E-state index in [2.05, 4.69) is 29.2 Å². The van der Waals surface area contributed by atoms with Crippen molar-refractivity contribution in [2.45, 2.75) is 52.2 Å². The zero-order chi connectivity index (χ0) is 23.1. The molecule has 2 aliphatic rings. The summed E-state index contributed by atoms with van der Waals surface area (Å²) in [4.78, 5) is 34.0. The molecule has 0 radical (unpaired) electrons. The molecule has 2 aliphatic heterocycles. The lowest BCUT2D eigenvalue weighted by Gasteiger charge is -2.37. The van der Waals surface area contributed by atoms with Gasteiger partial charge in [0, 0.05) is 71.6 Å². The molecule has 0 aromatic heterocycles. The van der Waals surface area contributed by atoms with E-state index in [0.29, 0.717) is 26.2 Å². The van der Waals surface area contributed by atoms with E-state index < -0.39 is 0 Å². The summed E-state index contributed by atoms with van der Waals surface area (Å²) < 4.78 is 5.85. The van der Waals surface area contributed by atoms with E-state index in [0.717, 1.165) is 56.6 Å². The Hall–Kier alpha value is -2.28. The van der Waals surface area contributed by atoms with Gasteiger partial charge in [0.15, 0.2) is 0 Å². The zero-order valence-electron chi connectivity index (χ0n) is 20.3. The number of anilines is 1. The first-order valence-corrected chi connectivity index (χ1v) is 12.1. The van der Waals surface area contributed by atoms with E-state index in [1.54, 1.807) is 0 Å². The quantitative estimate of drug-likeness (QED) is 0.616. The molecule has 0 bridgehead atoms. The summed E-state index contributed by atoms with van der Waals surface area (Å²) in [5, 5.41) is 0. The summed E-state index contributed by atoms with van der Waals surface area (Å²) in [6, 6.07) is 8.51. The molecule has 1 aromatic rings. The van der Waals surface area contributed by atoms with Gasteiger partial charge in [0.2, 0.25) is 5.91 Å². The third-order valence-corrected chi connectivity index (χ3v) is 6.73. The normalized spacial score (nSPS) is 19.1. The predicted molar refractivity (Wildman–Crippen MR) is 128 cm³/mol. The number of hydrogen-bond donors (Lipinski definition) is 0. The summed E-state index contributed by atoms with van der Waals surface area (Å²) in [6.07, 6.45) is 3.67. The first kappa shape index (κ1) is 24.4. The number of rotatable bonds is 8. The van der Waals surface area contributed by atoms with Crippen LogP contribution in [0.3, 0.4) is 0 Å². The van der Waals surface area contributed by atoms with E-state index in [9.17, 15) is 9.59 Å². The number of piperidine rings is 1. The highest BCUT2D eigenvalue weighted by Crippen LogP contribution is 2.24. The highest BCUT2D eigenvalue weighted by atomic mass is 16.5. The molecule has 3 rings (SSSR count). The van der Waals surface area contributed by atoms with Gasteiger partial charge < -0.3 is 24.3 Å². The minimum atomic E-state index is -0.0294. The molecule has 1 aromatic carbocycles. The van der Waals surface area contributed by atoms with Gasteiger partial charge in [0.1, 0.15) is 0 Å². The van der Waals surface area contributed by atoms with Crippen LogP contribution in [0.4, 0.5) is 10.5 Å². The van der Waals surface area contributed by atoms with Gasteiger partial charge in [-0.3, -0.25) is 4.79 Å². The first-order valence-electron chi connectivity index (χ1n) is 12.1. The van der Waals surface area contributed by atoms with Crippen molar-refractivity contribution in [1.82, 2.24) is 14.7 Å². The Bertz CT molecular complexity index is 734. The van der Waals surface area contributed by atoms with E-state index in [1.807, 2.05) is 42.6 Å². The molecular weight excluding hydrogens is 404 g/mol. The molecule has 7 heteroatoms. The summed E-state index contributed by atoms with van der Waals surface area (Å²) in [7, 11) is 4.05. The fraction of sp³-hybridized carbons (Fsp3) is 0.680. The first-order chi connectivity index (χ1) is 15.4. The molecule has 3 amide bonds. The van der Waals surface area contributed by atoms with E-state index in [-0.39, 0.29) is 24.0 Å². The Morgan fingerprint density at radius 2 is 1.66 bits per heavy atom. The molecule has 0 aliphatic carbocycles. The standard InChI is InChI=1S/C25H40N4O3/c1-5-27(6-2)25(31)28-15-13-21(14-16-28)24(30)29(19-23-8-7-17-32-23)18-20-9-11-22(12-10-20)26(3)4/h9-12,21,23H,5-8,13-19H2,1-4H3. The molecule has 0 N–H and O–H groups in total. The van der Waals surface area contributed by atoms with Gasteiger partial charge in [-0.1, -0.05) is 12.1 Å². The number of ether oxygens (including phenoxy) is 1. The van der Waals surface area contributed by atoms with Crippen LogP contribution in [0.25, 0.3) is 0 Å². The summed E-state index contributed by atoms with van der Waals surface area (Å²) in [6.45, 7) is 8.78. The van der Waals surface area contributed by atoms with Crippen LogP contribution >= 0.6 is 0 Å². The van der Waals surface area contributed by atoms with E-state index >= 15 is 0 Å². The van der Waals surface area contributed by atoms with Crippen molar-refractivity contribution < 1.29 is 14.3 Å². The lowest BCUT2D eigenvalue weighted by Crippen LogP contribution is -2.49. The number of likely N-dealkylation sites (tertiary alicyclic amines) is 1. The topological polar surface area (TPSA) is 56.3 Å². The van der Waals surface area contributed by atoms with Crippen LogP contribution in [0, 0.1) is 5.92 Å². The van der Waals surface area contributed by atoms with Crippen molar-refractivity contribution in [3.63, 3.8) is 0 Å². The second kappa shape index (κ2) is 11.5. The molecule has 2 fully saturated rings. The maximum Gasteiger partial charge on any atom is 0.319 e. The SMILES string of the molecule is CCN(CC)C(=O)N1CCC(C(=O)N(Cc2ccc(N(C)C)cc2)CC2CCCO2)CC1. The van der Waals surface area contributed by atoms with Crippen molar-refractivity contribution in [2.24, 2.45) is 5.92 Å². The van der Waals surface area contributed by atoms with Crippen molar-refractivity contribution >= 4 is 17.6 Å². The number of carbonyl (C=O) groups is 2. The Kier molecular flexibility index (Phi) is 8.79. The monoisotopic (exact) mass is 444 g/mol. The van der Waals surface area contributed by atoms with Crippen molar-refractivity contribution in [2.75, 3.05) is 58.3 Å². The van der Waals surface area contributed by atoms with Crippen LogP contribution in [0.15, 0.2) is 24.3 Å². The maximum absolute atomic E-state index is 13.5. The predicted octanol–water partition coefficient (Wildman–Crippen LogP) is 3.43. The molecule has 7 nitrogen and oxygen atoms in total. The van der Waals surface area contributed by atoms with Gasteiger partial charge in [0.25, 0.3) is 0 Å². The van der Waals surface area contributed by atoms with Gasteiger partial charge in [-0.25, -0.2) is 4.79 Å². The number of hydrogen-bond acceptors (Lipinski definition) is 4. The second-order valence-electron chi connectivity index (χ2n) is 9.13. The van der Waals surface area contributed by atoms with Gasteiger partial charge in [-0.2, -0.15) is 0 Å². The van der Waals surface area contributed by atoms with Crippen LogP contribution in [0.1, 0.15) is 45.1 Å². The van der Waals surface area contributed by atoms with Crippen LogP contribution in [-0.4, -0.2) is 86.2 Å². The molecule has 2 heterocycles. The number of amides is 3. The number of urea groups is 1. The Labute approximate surface area is 193 Å². The van der Waals surface area contributed by atoms with Gasteiger partial charge in [-0.05, 0) is 57.2 Å². The minimum absolute atomic E-state index is 0.0294. The molecular formula is C25H40N4O3. The molecule has 2 saturated heterocycles. The van der Waals surface area contributed by atoms with Crippen LogP contribution in [0.2, 0.25) is 0 Å². The van der Waals surface area contributed by atoms with Crippen LogP contribution in [0.5, 0.6) is 0 Å².